The van der Waals surface area contributed by atoms with Crippen LogP contribution in [0.2, 0.25) is 0 Å². The fourth-order valence-electron chi connectivity index (χ4n) is 2.54. The molecule has 7 nitrogen and oxygen atoms in total. The molecule has 1 saturated heterocycles. The zero-order chi connectivity index (χ0) is 16.4. The third-order valence-corrected chi connectivity index (χ3v) is 3.82. The van der Waals surface area contributed by atoms with E-state index in [1.807, 2.05) is 18.2 Å². The van der Waals surface area contributed by atoms with Crippen LogP contribution in [0.5, 0.6) is 0 Å². The molecule has 1 aromatic heterocycles. The number of anilines is 1. The van der Waals surface area contributed by atoms with E-state index in [4.69, 9.17) is 0 Å². The first-order chi connectivity index (χ1) is 11.1. The number of likely N-dealkylation sites (tertiary alicyclic amines) is 1. The highest BCUT2D eigenvalue weighted by atomic mass is 16.2. The summed E-state index contributed by atoms with van der Waals surface area (Å²) in [6, 6.07) is 8.24. The van der Waals surface area contributed by atoms with Gasteiger partial charge in [0.2, 0.25) is 17.7 Å². The van der Waals surface area contributed by atoms with Gasteiger partial charge in [0.05, 0.1) is 5.69 Å². The number of aromatic nitrogens is 2. The van der Waals surface area contributed by atoms with Crippen LogP contribution in [-0.2, 0) is 14.4 Å². The van der Waals surface area contributed by atoms with Crippen molar-refractivity contribution in [2.75, 3.05) is 5.32 Å². The molecule has 0 unspecified atom stereocenters. The molecule has 23 heavy (non-hydrogen) atoms. The molecule has 118 valence electrons. The van der Waals surface area contributed by atoms with Crippen LogP contribution >= 0.6 is 0 Å². The summed E-state index contributed by atoms with van der Waals surface area (Å²) in [5, 5.41) is 9.47. The number of hydrogen-bond donors (Lipinski definition) is 2. The molecule has 3 rings (SSSR count). The second-order valence-corrected chi connectivity index (χ2v) is 5.37. The van der Waals surface area contributed by atoms with E-state index in [0.29, 0.717) is 5.69 Å². The van der Waals surface area contributed by atoms with Crippen molar-refractivity contribution in [3.8, 4) is 11.3 Å². The van der Waals surface area contributed by atoms with Gasteiger partial charge < -0.3 is 5.32 Å². The number of H-pyrrole nitrogens is 1. The molecule has 1 atom stereocenters. The van der Waals surface area contributed by atoms with Gasteiger partial charge in [-0.1, -0.05) is 12.1 Å². The van der Waals surface area contributed by atoms with Gasteiger partial charge in [0, 0.05) is 24.7 Å². The Morgan fingerprint density at radius 1 is 1.17 bits per heavy atom. The Bertz CT molecular complexity index is 721. The molecule has 0 aliphatic carbocycles. The van der Waals surface area contributed by atoms with Gasteiger partial charge in [-0.2, -0.15) is 5.10 Å². The van der Waals surface area contributed by atoms with Crippen molar-refractivity contribution in [3.63, 3.8) is 0 Å². The molecule has 0 saturated carbocycles. The van der Waals surface area contributed by atoms with Crippen molar-refractivity contribution in [2.45, 2.75) is 25.8 Å². The van der Waals surface area contributed by atoms with Crippen LogP contribution in [0, 0.1) is 0 Å². The number of carbonyl (C=O) groups is 3. The van der Waals surface area contributed by atoms with Crippen LogP contribution in [0.3, 0.4) is 0 Å². The maximum absolute atomic E-state index is 12.2. The van der Waals surface area contributed by atoms with Crippen molar-refractivity contribution in [3.05, 3.63) is 36.5 Å². The quantitative estimate of drug-likeness (QED) is 0.837. The molecule has 0 bridgehead atoms. The van der Waals surface area contributed by atoms with Gasteiger partial charge in [0.25, 0.3) is 0 Å². The van der Waals surface area contributed by atoms with Gasteiger partial charge in [0.15, 0.2) is 0 Å². The molecule has 1 aromatic carbocycles. The number of amides is 3. The lowest BCUT2D eigenvalue weighted by Gasteiger charge is -2.21. The normalized spacial score (nSPS) is 15.8. The fourth-order valence-corrected chi connectivity index (χ4v) is 2.54. The van der Waals surface area contributed by atoms with Crippen molar-refractivity contribution < 1.29 is 14.4 Å². The van der Waals surface area contributed by atoms with Gasteiger partial charge in [-0.3, -0.25) is 24.4 Å². The maximum atomic E-state index is 12.2. The van der Waals surface area contributed by atoms with Crippen molar-refractivity contribution in [1.29, 1.82) is 0 Å². The monoisotopic (exact) mass is 312 g/mol. The fraction of sp³-hybridized carbons (Fsp3) is 0.250. The topological polar surface area (TPSA) is 95.2 Å². The molecule has 0 spiro atoms. The van der Waals surface area contributed by atoms with Gasteiger partial charge in [0.1, 0.15) is 6.04 Å². The first kappa shape index (κ1) is 15.0. The summed E-state index contributed by atoms with van der Waals surface area (Å²) in [5.74, 6) is -0.984. The van der Waals surface area contributed by atoms with E-state index in [1.54, 1.807) is 25.3 Å². The van der Waals surface area contributed by atoms with Crippen LogP contribution in [0.4, 0.5) is 5.69 Å². The number of imide groups is 1. The highest BCUT2D eigenvalue weighted by molar-refractivity contribution is 6.07. The molecule has 2 N–H and O–H groups in total. The summed E-state index contributed by atoms with van der Waals surface area (Å²) in [6.07, 6.45) is 2.02. The Hall–Kier alpha value is -2.96. The van der Waals surface area contributed by atoms with Crippen LogP contribution in [0.1, 0.15) is 19.8 Å². The molecule has 2 heterocycles. The van der Waals surface area contributed by atoms with E-state index in [2.05, 4.69) is 15.5 Å². The highest BCUT2D eigenvalue weighted by Crippen LogP contribution is 2.20. The van der Waals surface area contributed by atoms with Gasteiger partial charge in [-0.25, -0.2) is 0 Å². The smallest absolute Gasteiger partial charge is 0.247 e. The van der Waals surface area contributed by atoms with E-state index >= 15 is 0 Å². The molecular weight excluding hydrogens is 296 g/mol. The second-order valence-electron chi connectivity index (χ2n) is 5.37. The third-order valence-electron chi connectivity index (χ3n) is 3.82. The van der Waals surface area contributed by atoms with Gasteiger partial charge in [-0.05, 0) is 30.7 Å². The first-order valence-corrected chi connectivity index (χ1v) is 7.32. The Labute approximate surface area is 132 Å². The molecule has 7 heteroatoms. The summed E-state index contributed by atoms with van der Waals surface area (Å²) >= 11 is 0. The van der Waals surface area contributed by atoms with E-state index in [0.717, 1.165) is 16.2 Å². The van der Waals surface area contributed by atoms with E-state index < -0.39 is 6.04 Å². The zero-order valence-electron chi connectivity index (χ0n) is 12.6. The van der Waals surface area contributed by atoms with Crippen molar-refractivity contribution in [1.82, 2.24) is 15.1 Å². The molecule has 1 aliphatic heterocycles. The largest absolute Gasteiger partial charge is 0.324 e. The van der Waals surface area contributed by atoms with E-state index in [1.165, 1.54) is 0 Å². The van der Waals surface area contributed by atoms with Crippen LogP contribution < -0.4 is 5.32 Å². The Kier molecular flexibility index (Phi) is 3.92. The number of hydrogen-bond acceptors (Lipinski definition) is 4. The summed E-state index contributed by atoms with van der Waals surface area (Å²) in [5.41, 5.74) is 2.42. The maximum Gasteiger partial charge on any atom is 0.247 e. The van der Waals surface area contributed by atoms with Crippen LogP contribution in [0.15, 0.2) is 36.5 Å². The Balaban J connectivity index is 1.68. The molecule has 0 radical (unpaired) electrons. The van der Waals surface area contributed by atoms with Crippen molar-refractivity contribution in [2.24, 2.45) is 0 Å². The summed E-state index contributed by atoms with van der Waals surface area (Å²) in [6.45, 7) is 1.55. The van der Waals surface area contributed by atoms with Crippen LogP contribution in [-0.4, -0.2) is 38.9 Å². The number of nitrogens with zero attached hydrogens (tertiary/aromatic N) is 2. The highest BCUT2D eigenvalue weighted by Gasteiger charge is 2.36. The zero-order valence-corrected chi connectivity index (χ0v) is 12.6. The minimum absolute atomic E-state index is 0.176. The van der Waals surface area contributed by atoms with E-state index in [-0.39, 0.29) is 30.6 Å². The minimum Gasteiger partial charge on any atom is -0.324 e. The molecule has 2 aromatic rings. The number of nitrogens with one attached hydrogen (secondary N) is 2. The molecule has 1 aliphatic rings. The van der Waals surface area contributed by atoms with Gasteiger partial charge >= 0.3 is 0 Å². The molecular formula is C16H16N4O3. The number of rotatable bonds is 4. The molecule has 3 amide bonds. The third kappa shape index (κ3) is 2.98. The van der Waals surface area contributed by atoms with Crippen molar-refractivity contribution >= 4 is 23.4 Å². The van der Waals surface area contributed by atoms with Gasteiger partial charge in [-0.15, -0.1) is 0 Å². The predicted octanol–water partition coefficient (Wildman–Crippen LogP) is 1.55. The second kappa shape index (κ2) is 6.04. The average molecular weight is 312 g/mol. The lowest BCUT2D eigenvalue weighted by molar-refractivity contribution is -0.144. The number of carbonyl (C=O) groups excluding carboxylic acids is 3. The predicted molar refractivity (Wildman–Crippen MR) is 83.2 cm³/mol. The number of aromatic amines is 1. The minimum atomic E-state index is -0.815. The summed E-state index contributed by atoms with van der Waals surface area (Å²) in [7, 11) is 0. The standard InChI is InChI=1S/C16H16N4O3/c1-10(20-14(21)6-7-15(20)22)16(23)18-12-4-2-11(3-5-12)13-8-9-17-19-13/h2-5,8-10H,6-7H2,1H3,(H,17,19)(H,18,23)/t10-/m0/s1. The first-order valence-electron chi connectivity index (χ1n) is 7.32. The Morgan fingerprint density at radius 3 is 2.39 bits per heavy atom. The van der Waals surface area contributed by atoms with E-state index in [9.17, 15) is 14.4 Å². The lowest BCUT2D eigenvalue weighted by atomic mass is 10.1. The summed E-state index contributed by atoms with van der Waals surface area (Å²) < 4.78 is 0. The molecule has 1 fully saturated rings. The number of benzene rings is 1. The average Bonchev–Trinajstić information content (AvgIpc) is 3.18. The SMILES string of the molecule is C[C@@H](C(=O)Nc1ccc(-c2ccn[nH]2)cc1)N1C(=O)CCC1=O. The summed E-state index contributed by atoms with van der Waals surface area (Å²) in [4.78, 5) is 36.6. The lowest BCUT2D eigenvalue weighted by Crippen LogP contribution is -2.44. The van der Waals surface area contributed by atoms with Crippen LogP contribution in [0.25, 0.3) is 11.3 Å². The Morgan fingerprint density at radius 2 is 1.83 bits per heavy atom.